The molecule has 0 amide bonds. The van der Waals surface area contributed by atoms with E-state index in [2.05, 4.69) is 68.7 Å². The molecule has 2 nitrogen and oxygen atoms in total. The van der Waals surface area contributed by atoms with Gasteiger partial charge in [0.2, 0.25) is 0 Å². The van der Waals surface area contributed by atoms with Gasteiger partial charge in [0.15, 0.2) is 0 Å². The van der Waals surface area contributed by atoms with Gasteiger partial charge in [-0.2, -0.15) is 0 Å². The molecule has 1 atom stereocenters. The van der Waals surface area contributed by atoms with Gasteiger partial charge in [0.05, 0.1) is 0 Å². The van der Waals surface area contributed by atoms with Crippen LogP contribution in [0.15, 0.2) is 47.4 Å². The Bertz CT molecular complexity index is 596. The van der Waals surface area contributed by atoms with Gasteiger partial charge in [-0.15, -0.1) is 11.8 Å². The van der Waals surface area contributed by atoms with Crippen LogP contribution in [-0.2, 0) is 6.42 Å². The third-order valence-electron chi connectivity index (χ3n) is 3.74. The van der Waals surface area contributed by atoms with Crippen LogP contribution in [0.2, 0.25) is 0 Å². The maximum Gasteiger partial charge on any atom is 0.0345 e. The van der Waals surface area contributed by atoms with E-state index in [1.807, 2.05) is 11.8 Å². The Balaban J connectivity index is 2.00. The van der Waals surface area contributed by atoms with Crippen molar-refractivity contribution in [3.05, 3.63) is 64.7 Å². The average Bonchev–Trinajstić information content (AvgIpc) is 2.48. The van der Waals surface area contributed by atoms with E-state index in [-0.39, 0.29) is 6.04 Å². The van der Waals surface area contributed by atoms with Crippen LogP contribution in [0.5, 0.6) is 0 Å². The first-order valence-corrected chi connectivity index (χ1v) is 8.29. The van der Waals surface area contributed by atoms with Crippen molar-refractivity contribution in [3.63, 3.8) is 0 Å². The number of benzene rings is 2. The Morgan fingerprint density at radius 2 is 1.81 bits per heavy atom. The highest BCUT2D eigenvalue weighted by Crippen LogP contribution is 2.23. The molecule has 0 saturated heterocycles. The van der Waals surface area contributed by atoms with Gasteiger partial charge in [0.25, 0.3) is 0 Å². The summed E-state index contributed by atoms with van der Waals surface area (Å²) in [6.45, 7) is 6.45. The van der Waals surface area contributed by atoms with Crippen LogP contribution in [0.1, 0.15) is 22.3 Å². The van der Waals surface area contributed by atoms with Gasteiger partial charge in [-0.25, -0.2) is 0 Å². The third kappa shape index (κ3) is 4.60. The van der Waals surface area contributed by atoms with E-state index in [4.69, 9.17) is 5.84 Å². The molecule has 0 aliphatic rings. The Labute approximate surface area is 132 Å². The van der Waals surface area contributed by atoms with Crippen LogP contribution in [0.25, 0.3) is 0 Å². The van der Waals surface area contributed by atoms with Crippen molar-refractivity contribution in [1.29, 1.82) is 0 Å². The zero-order valence-corrected chi connectivity index (χ0v) is 13.8. The first-order valence-electron chi connectivity index (χ1n) is 7.31. The van der Waals surface area contributed by atoms with Gasteiger partial charge >= 0.3 is 0 Å². The van der Waals surface area contributed by atoms with E-state index >= 15 is 0 Å². The molecule has 0 aromatic heterocycles. The second-order valence-corrected chi connectivity index (χ2v) is 6.64. The van der Waals surface area contributed by atoms with Gasteiger partial charge in [0.1, 0.15) is 0 Å². The predicted molar refractivity (Wildman–Crippen MR) is 92.6 cm³/mol. The molecule has 3 N–H and O–H groups in total. The van der Waals surface area contributed by atoms with E-state index in [0.29, 0.717) is 0 Å². The molecule has 0 aliphatic heterocycles. The Morgan fingerprint density at radius 1 is 1.05 bits per heavy atom. The minimum atomic E-state index is 0.273. The van der Waals surface area contributed by atoms with Crippen LogP contribution in [0.4, 0.5) is 0 Å². The monoisotopic (exact) mass is 300 g/mol. The summed E-state index contributed by atoms with van der Waals surface area (Å²) in [6, 6.07) is 15.4. The quantitative estimate of drug-likeness (QED) is 0.484. The molecule has 1 unspecified atom stereocenters. The average molecular weight is 300 g/mol. The molecule has 0 saturated carbocycles. The summed E-state index contributed by atoms with van der Waals surface area (Å²) in [5, 5.41) is 0. The Hall–Kier alpha value is -1.29. The summed E-state index contributed by atoms with van der Waals surface area (Å²) >= 11 is 1.87. The van der Waals surface area contributed by atoms with Crippen LogP contribution in [0.3, 0.4) is 0 Å². The highest BCUT2D eigenvalue weighted by atomic mass is 32.2. The van der Waals surface area contributed by atoms with Gasteiger partial charge in [-0.1, -0.05) is 42.0 Å². The lowest BCUT2D eigenvalue weighted by Gasteiger charge is -2.18. The first kappa shape index (κ1) is 16.1. The molecular weight excluding hydrogens is 276 g/mol. The zero-order valence-electron chi connectivity index (χ0n) is 13.0. The fraction of sp³-hybridized carbons (Fsp3) is 0.333. The van der Waals surface area contributed by atoms with Gasteiger partial charge in [0, 0.05) is 16.7 Å². The summed E-state index contributed by atoms with van der Waals surface area (Å²) in [7, 11) is 0. The molecule has 0 heterocycles. The highest BCUT2D eigenvalue weighted by Gasteiger charge is 2.11. The van der Waals surface area contributed by atoms with Crippen molar-refractivity contribution < 1.29 is 0 Å². The number of hydrogen-bond donors (Lipinski definition) is 2. The van der Waals surface area contributed by atoms with Crippen LogP contribution >= 0.6 is 11.8 Å². The van der Waals surface area contributed by atoms with E-state index in [9.17, 15) is 0 Å². The Kier molecular flexibility index (Phi) is 5.85. The molecule has 0 radical (unpaired) electrons. The van der Waals surface area contributed by atoms with Crippen molar-refractivity contribution in [1.82, 2.24) is 5.43 Å². The van der Waals surface area contributed by atoms with E-state index in [1.165, 1.54) is 27.1 Å². The molecule has 0 aliphatic carbocycles. The number of thioether (sulfide) groups is 1. The largest absolute Gasteiger partial charge is 0.271 e. The highest BCUT2D eigenvalue weighted by molar-refractivity contribution is 7.99. The lowest BCUT2D eigenvalue weighted by atomic mass is 10.00. The third-order valence-corrected chi connectivity index (χ3v) is 5.08. The zero-order chi connectivity index (χ0) is 15.2. The minimum absolute atomic E-state index is 0.273. The van der Waals surface area contributed by atoms with Crippen LogP contribution in [0, 0.1) is 20.8 Å². The normalized spacial score (nSPS) is 12.4. The first-order chi connectivity index (χ1) is 10.1. The smallest absolute Gasteiger partial charge is 0.0345 e. The van der Waals surface area contributed by atoms with Gasteiger partial charge in [-0.05, 0) is 49.9 Å². The minimum Gasteiger partial charge on any atom is -0.271 e. The lowest BCUT2D eigenvalue weighted by Crippen LogP contribution is -2.38. The number of hydrogen-bond acceptors (Lipinski definition) is 3. The number of nitrogens with two attached hydrogens (primary N) is 1. The number of hydrazine groups is 1. The predicted octanol–water partition coefficient (Wildman–Crippen LogP) is 3.78. The molecule has 2 rings (SSSR count). The molecule has 112 valence electrons. The standard InChI is InChI=1S/C18H24N2S/c1-13-8-9-14(2)16(10-13)11-17(20-19)12-21-18-7-5-4-6-15(18)3/h4-10,17,20H,11-12,19H2,1-3H3. The Morgan fingerprint density at radius 3 is 2.52 bits per heavy atom. The van der Waals surface area contributed by atoms with Crippen LogP contribution in [-0.4, -0.2) is 11.8 Å². The molecule has 0 fully saturated rings. The summed E-state index contributed by atoms with van der Waals surface area (Å²) in [4.78, 5) is 1.33. The fourth-order valence-corrected chi connectivity index (χ4v) is 3.43. The summed E-state index contributed by atoms with van der Waals surface area (Å²) in [5.41, 5.74) is 8.31. The van der Waals surface area contributed by atoms with Crippen molar-refractivity contribution >= 4 is 11.8 Å². The number of rotatable bonds is 6. The topological polar surface area (TPSA) is 38.0 Å². The maximum atomic E-state index is 5.75. The van der Waals surface area contributed by atoms with Gasteiger partial charge < -0.3 is 0 Å². The molecule has 0 spiro atoms. The van der Waals surface area contributed by atoms with E-state index < -0.39 is 0 Å². The fourth-order valence-electron chi connectivity index (χ4n) is 2.36. The van der Waals surface area contributed by atoms with Crippen molar-refractivity contribution in [2.75, 3.05) is 5.75 Å². The SMILES string of the molecule is Cc1ccc(C)c(CC(CSc2ccccc2C)NN)c1. The van der Waals surface area contributed by atoms with E-state index in [1.54, 1.807) is 0 Å². The van der Waals surface area contributed by atoms with Gasteiger partial charge in [-0.3, -0.25) is 11.3 Å². The molecule has 3 heteroatoms. The van der Waals surface area contributed by atoms with Crippen molar-refractivity contribution in [2.24, 2.45) is 5.84 Å². The summed E-state index contributed by atoms with van der Waals surface area (Å²) < 4.78 is 0. The molecule has 2 aromatic carbocycles. The summed E-state index contributed by atoms with van der Waals surface area (Å²) in [6.07, 6.45) is 0.961. The summed E-state index contributed by atoms with van der Waals surface area (Å²) in [5.74, 6) is 6.71. The van der Waals surface area contributed by atoms with E-state index in [0.717, 1.165) is 12.2 Å². The molecular formula is C18H24N2S. The van der Waals surface area contributed by atoms with Crippen molar-refractivity contribution in [3.8, 4) is 0 Å². The van der Waals surface area contributed by atoms with Crippen molar-refractivity contribution in [2.45, 2.75) is 38.1 Å². The van der Waals surface area contributed by atoms with Crippen LogP contribution < -0.4 is 11.3 Å². The molecule has 21 heavy (non-hydrogen) atoms. The second-order valence-electron chi connectivity index (χ2n) is 5.57. The number of aryl methyl sites for hydroxylation is 3. The molecule has 2 aromatic rings. The second kappa shape index (κ2) is 7.64. The lowest BCUT2D eigenvalue weighted by molar-refractivity contribution is 0.574. The molecule has 0 bridgehead atoms. The number of nitrogens with one attached hydrogen (secondary N) is 1. The maximum absolute atomic E-state index is 5.75.